The molecule has 218 valence electrons. The van der Waals surface area contributed by atoms with Crippen LogP contribution in [-0.4, -0.2) is 89.5 Å². The van der Waals surface area contributed by atoms with Gasteiger partial charge in [-0.25, -0.2) is 0 Å². The highest BCUT2D eigenvalue weighted by atomic mass is 28.3. The fourth-order valence-electron chi connectivity index (χ4n) is 5.28. The summed E-state index contributed by atoms with van der Waals surface area (Å²) < 4.78 is 11.2. The molecule has 5 rings (SSSR count). The van der Waals surface area contributed by atoms with E-state index in [0.717, 1.165) is 27.1 Å². The highest BCUT2D eigenvalue weighted by molar-refractivity contribution is 6.76. The van der Waals surface area contributed by atoms with Crippen molar-refractivity contribution in [1.29, 1.82) is 0 Å². The molecule has 4 amide bonds. The van der Waals surface area contributed by atoms with Gasteiger partial charge in [-0.3, -0.25) is 29.0 Å². The highest BCUT2D eigenvalue weighted by Crippen LogP contribution is 2.35. The van der Waals surface area contributed by atoms with Crippen LogP contribution in [-0.2, 0) is 30.5 Å². The van der Waals surface area contributed by atoms with Crippen LogP contribution in [0.25, 0.3) is 11.4 Å². The molecule has 1 fully saturated rings. The number of hydrogen-bond donors (Lipinski definition) is 1. The Kier molecular flexibility index (Phi) is 8.09. The number of carbonyl (C=O) groups excluding carboxylic acids is 4. The largest absolute Gasteiger partial charge is 0.388 e. The summed E-state index contributed by atoms with van der Waals surface area (Å²) in [4.78, 5) is 61.5. The van der Waals surface area contributed by atoms with Crippen LogP contribution in [0, 0.1) is 0 Å². The molecule has 13 heteroatoms. The number of anilines is 1. The molecule has 0 saturated carbocycles. The second-order valence-corrected chi connectivity index (χ2v) is 17.4. The second kappa shape index (κ2) is 11.6. The SMILES string of the molecule is CNc1cccc(-c2noc(CN3CCCC4=C3C(=O)N(C3CCC(=O)N(COCC[Si](C)(C)C)C3=O)C4=O)n2)c1. The van der Waals surface area contributed by atoms with E-state index in [2.05, 4.69) is 35.1 Å². The summed E-state index contributed by atoms with van der Waals surface area (Å²) in [6.07, 6.45) is 1.24. The van der Waals surface area contributed by atoms with Crippen LogP contribution < -0.4 is 5.32 Å². The van der Waals surface area contributed by atoms with Crippen molar-refractivity contribution in [2.45, 2.75) is 64.0 Å². The van der Waals surface area contributed by atoms with E-state index in [1.165, 1.54) is 0 Å². The van der Waals surface area contributed by atoms with E-state index in [4.69, 9.17) is 9.26 Å². The smallest absolute Gasteiger partial charge is 0.278 e. The van der Waals surface area contributed by atoms with Gasteiger partial charge in [0.05, 0.1) is 6.54 Å². The molecule has 41 heavy (non-hydrogen) atoms. The van der Waals surface area contributed by atoms with Crippen molar-refractivity contribution in [2.75, 3.05) is 32.2 Å². The summed E-state index contributed by atoms with van der Waals surface area (Å²) in [7, 11) is 0.482. The molecule has 0 aliphatic carbocycles. The molecule has 4 heterocycles. The topological polar surface area (TPSA) is 138 Å². The monoisotopic (exact) mass is 580 g/mol. The fourth-order valence-corrected chi connectivity index (χ4v) is 6.03. The quantitative estimate of drug-likeness (QED) is 0.254. The Morgan fingerprint density at radius 1 is 1.12 bits per heavy atom. The van der Waals surface area contributed by atoms with Gasteiger partial charge >= 0.3 is 0 Å². The van der Waals surface area contributed by atoms with Gasteiger partial charge in [-0.15, -0.1) is 0 Å². The molecule has 12 nitrogen and oxygen atoms in total. The summed E-state index contributed by atoms with van der Waals surface area (Å²) in [5, 5.41) is 7.17. The molecule has 1 aromatic carbocycles. The lowest BCUT2D eigenvalue weighted by Crippen LogP contribution is -2.57. The molecule has 0 spiro atoms. The van der Waals surface area contributed by atoms with Crippen LogP contribution in [0.1, 0.15) is 31.6 Å². The van der Waals surface area contributed by atoms with E-state index < -0.39 is 31.8 Å². The lowest BCUT2D eigenvalue weighted by Gasteiger charge is -2.34. The van der Waals surface area contributed by atoms with Crippen molar-refractivity contribution in [3.8, 4) is 11.4 Å². The van der Waals surface area contributed by atoms with Crippen molar-refractivity contribution in [2.24, 2.45) is 0 Å². The maximum atomic E-state index is 13.7. The van der Waals surface area contributed by atoms with Crippen molar-refractivity contribution in [1.82, 2.24) is 24.8 Å². The summed E-state index contributed by atoms with van der Waals surface area (Å²) in [5.74, 6) is -1.21. The predicted octanol–water partition coefficient (Wildman–Crippen LogP) is 2.83. The number of rotatable bonds is 10. The molecule has 0 radical (unpaired) electrons. The van der Waals surface area contributed by atoms with Crippen molar-refractivity contribution < 1.29 is 28.4 Å². The maximum absolute atomic E-state index is 13.7. The van der Waals surface area contributed by atoms with Crippen LogP contribution in [0.15, 0.2) is 40.1 Å². The number of imide groups is 2. The molecule has 1 N–H and O–H groups in total. The minimum absolute atomic E-state index is 0.0543. The Labute approximate surface area is 239 Å². The van der Waals surface area contributed by atoms with Gasteiger partial charge in [-0.2, -0.15) is 4.98 Å². The lowest BCUT2D eigenvalue weighted by atomic mass is 10.0. The highest BCUT2D eigenvalue weighted by Gasteiger charge is 2.50. The summed E-state index contributed by atoms with van der Waals surface area (Å²) in [5.41, 5.74) is 2.33. The molecule has 0 bridgehead atoms. The van der Waals surface area contributed by atoms with Gasteiger partial charge in [0.25, 0.3) is 17.7 Å². The molecule has 1 saturated heterocycles. The zero-order valence-corrected chi connectivity index (χ0v) is 24.9. The van der Waals surface area contributed by atoms with E-state index in [1.807, 2.05) is 31.3 Å². The molecular weight excluding hydrogens is 544 g/mol. The third kappa shape index (κ3) is 5.96. The van der Waals surface area contributed by atoms with Crippen molar-refractivity contribution in [3.05, 3.63) is 41.4 Å². The predicted molar refractivity (Wildman–Crippen MR) is 152 cm³/mol. The average Bonchev–Trinajstić information content (AvgIpc) is 3.51. The van der Waals surface area contributed by atoms with Crippen molar-refractivity contribution >= 4 is 37.4 Å². The number of ether oxygens (including phenoxy) is 1. The lowest BCUT2D eigenvalue weighted by molar-refractivity contribution is -0.164. The Hall–Kier alpha value is -3.84. The van der Waals surface area contributed by atoms with Crippen LogP contribution in [0.2, 0.25) is 25.7 Å². The number of aromatic nitrogens is 2. The van der Waals surface area contributed by atoms with E-state index in [-0.39, 0.29) is 37.7 Å². The van der Waals surface area contributed by atoms with Crippen LogP contribution in [0.5, 0.6) is 0 Å². The summed E-state index contributed by atoms with van der Waals surface area (Å²) >= 11 is 0. The second-order valence-electron chi connectivity index (χ2n) is 11.7. The summed E-state index contributed by atoms with van der Waals surface area (Å²) in [6, 6.07) is 7.44. The number of likely N-dealkylation sites (tertiary alicyclic amines) is 1. The minimum Gasteiger partial charge on any atom is -0.388 e. The number of nitrogens with one attached hydrogen (secondary N) is 1. The van der Waals surface area contributed by atoms with Gasteiger partial charge in [0.1, 0.15) is 18.5 Å². The zero-order valence-electron chi connectivity index (χ0n) is 23.9. The average molecular weight is 581 g/mol. The minimum atomic E-state index is -1.34. The molecular formula is C28H36N6O6Si. The van der Waals surface area contributed by atoms with E-state index in [9.17, 15) is 19.2 Å². The first-order valence-electron chi connectivity index (χ1n) is 14.0. The van der Waals surface area contributed by atoms with Gasteiger partial charge in [0.15, 0.2) is 0 Å². The third-order valence-electron chi connectivity index (χ3n) is 7.57. The van der Waals surface area contributed by atoms with Gasteiger partial charge in [-0.1, -0.05) is 36.9 Å². The Morgan fingerprint density at radius 3 is 2.68 bits per heavy atom. The Balaban J connectivity index is 1.29. The number of hydrogen-bond acceptors (Lipinski definition) is 10. The van der Waals surface area contributed by atoms with Gasteiger partial charge in [0.2, 0.25) is 17.6 Å². The molecule has 3 aliphatic rings. The first-order valence-corrected chi connectivity index (χ1v) is 17.7. The van der Waals surface area contributed by atoms with E-state index in [0.29, 0.717) is 43.3 Å². The maximum Gasteiger partial charge on any atom is 0.278 e. The number of benzene rings is 1. The van der Waals surface area contributed by atoms with E-state index in [1.54, 1.807) is 4.90 Å². The van der Waals surface area contributed by atoms with Crippen LogP contribution in [0.4, 0.5) is 5.69 Å². The Morgan fingerprint density at radius 2 is 1.93 bits per heavy atom. The molecule has 3 aliphatic heterocycles. The van der Waals surface area contributed by atoms with Crippen LogP contribution >= 0.6 is 0 Å². The molecule has 1 aromatic heterocycles. The third-order valence-corrected chi connectivity index (χ3v) is 9.28. The van der Waals surface area contributed by atoms with Crippen LogP contribution in [0.3, 0.4) is 0 Å². The zero-order chi connectivity index (χ0) is 29.3. The van der Waals surface area contributed by atoms with Gasteiger partial charge in [-0.05, 0) is 37.4 Å². The Bertz CT molecular complexity index is 1400. The molecule has 2 aromatic rings. The molecule has 1 atom stereocenters. The fraction of sp³-hybridized carbons (Fsp3) is 0.500. The number of amides is 4. The van der Waals surface area contributed by atoms with Crippen molar-refractivity contribution in [3.63, 3.8) is 0 Å². The van der Waals surface area contributed by atoms with Gasteiger partial charge < -0.3 is 19.5 Å². The summed E-state index contributed by atoms with van der Waals surface area (Å²) in [6.45, 7) is 7.59. The number of nitrogens with zero attached hydrogens (tertiary/aromatic N) is 5. The standard InChI is InChI=1S/C28H36N6O6Si/c1-29-19-8-5-7-18(15-19)25-30-22(40-31-25)16-32-12-6-9-20-24(32)28(38)34(26(20)36)21-10-11-23(35)33(27(21)37)17-39-13-14-41(2,3)4/h5,7-8,15,21,29H,6,9-14,16-17H2,1-4H3. The van der Waals surface area contributed by atoms with Gasteiger partial charge in [0, 0.05) is 51.5 Å². The first kappa shape index (κ1) is 28.7. The number of piperidine rings is 1. The normalized spacial score (nSPS) is 19.9. The van der Waals surface area contributed by atoms with E-state index >= 15 is 0 Å². The molecule has 1 unspecified atom stereocenters. The first-order chi connectivity index (χ1) is 19.6. The number of carbonyl (C=O) groups is 4.